The molecule has 2 N–H and O–H groups in total. The molecule has 0 aliphatic carbocycles. The van der Waals surface area contributed by atoms with Gasteiger partial charge in [-0.15, -0.1) is 0 Å². The average molecular weight is 486 g/mol. The molecule has 2 aromatic carbocycles. The van der Waals surface area contributed by atoms with Crippen molar-refractivity contribution in [1.82, 2.24) is 10.2 Å². The van der Waals surface area contributed by atoms with Gasteiger partial charge in [-0.1, -0.05) is 24.3 Å². The van der Waals surface area contributed by atoms with E-state index in [1.807, 2.05) is 12.1 Å². The number of nitrogens with zero attached hydrogens (tertiary/aromatic N) is 1. The standard InChI is InChI=1S/C27H33F2N3O3/c1-18(33)21-5-2-6-23(15-21)30-27(34)31-26-24(29)11-13-35-25(26)17-32-12-3-4-20(16-32)14-19-7-9-22(28)10-8-19/h2,5-10,15,20,24-26H,3-4,11-14,16-17H2,1H3,(H2,30,31,34)/t20?,24-,25+,26+/m0/s1. The smallest absolute Gasteiger partial charge is 0.319 e. The fourth-order valence-corrected chi connectivity index (χ4v) is 5.02. The van der Waals surface area contributed by atoms with Crippen LogP contribution in [0.1, 0.15) is 42.1 Å². The van der Waals surface area contributed by atoms with E-state index >= 15 is 0 Å². The molecule has 0 radical (unpaired) electrons. The van der Waals surface area contributed by atoms with Crippen LogP contribution in [0.25, 0.3) is 0 Å². The van der Waals surface area contributed by atoms with Gasteiger partial charge >= 0.3 is 6.03 Å². The van der Waals surface area contributed by atoms with Crippen LogP contribution in [0.5, 0.6) is 0 Å². The number of nitrogens with one attached hydrogen (secondary N) is 2. The lowest BCUT2D eigenvalue weighted by atomic mass is 9.90. The summed E-state index contributed by atoms with van der Waals surface area (Å²) in [6, 6.07) is 12.0. The van der Waals surface area contributed by atoms with Gasteiger partial charge in [0.25, 0.3) is 0 Å². The van der Waals surface area contributed by atoms with E-state index in [1.165, 1.54) is 19.1 Å². The highest BCUT2D eigenvalue weighted by atomic mass is 19.1. The minimum absolute atomic E-state index is 0.0992. The molecular formula is C27H33F2N3O3. The number of Topliss-reactive ketones (excluding diaryl/α,β-unsaturated/α-hetero) is 1. The number of hydrogen-bond acceptors (Lipinski definition) is 4. The molecule has 0 aromatic heterocycles. The molecule has 2 aliphatic rings. The molecule has 2 fully saturated rings. The maximum atomic E-state index is 14.9. The van der Waals surface area contributed by atoms with E-state index in [0.717, 1.165) is 37.9 Å². The van der Waals surface area contributed by atoms with E-state index in [-0.39, 0.29) is 18.0 Å². The molecule has 8 heteroatoms. The van der Waals surface area contributed by atoms with Gasteiger partial charge in [0.05, 0.1) is 12.1 Å². The lowest BCUT2D eigenvalue weighted by Gasteiger charge is -2.40. The molecule has 0 saturated carbocycles. The summed E-state index contributed by atoms with van der Waals surface area (Å²) in [5.74, 6) is 0.100. The number of carbonyl (C=O) groups excluding carboxylic acids is 2. The normalized spacial score (nSPS) is 25.1. The SMILES string of the molecule is CC(=O)c1cccc(NC(=O)N[C@@H]2[C@@H](F)CCO[C@@H]2CN2CCCC(Cc3ccc(F)cc3)C2)c1. The van der Waals surface area contributed by atoms with Crippen molar-refractivity contribution in [3.63, 3.8) is 0 Å². The fraction of sp³-hybridized carbons (Fsp3) is 0.481. The first-order valence-electron chi connectivity index (χ1n) is 12.3. The van der Waals surface area contributed by atoms with Crippen molar-refractivity contribution in [2.75, 3.05) is 31.6 Å². The number of ketones is 1. The van der Waals surface area contributed by atoms with E-state index in [9.17, 15) is 18.4 Å². The third kappa shape index (κ3) is 7.08. The highest BCUT2D eigenvalue weighted by Gasteiger charge is 2.37. The number of likely N-dealkylation sites (tertiary alicyclic amines) is 1. The van der Waals surface area contributed by atoms with Crippen LogP contribution in [-0.4, -0.2) is 61.3 Å². The first kappa shape index (κ1) is 25.3. The lowest BCUT2D eigenvalue weighted by molar-refractivity contribution is -0.0599. The zero-order valence-corrected chi connectivity index (χ0v) is 20.0. The molecule has 2 aliphatic heterocycles. The third-order valence-electron chi connectivity index (χ3n) is 6.82. The van der Waals surface area contributed by atoms with E-state index in [2.05, 4.69) is 15.5 Å². The molecule has 0 bridgehead atoms. The Morgan fingerprint density at radius 2 is 1.94 bits per heavy atom. The van der Waals surface area contributed by atoms with Gasteiger partial charge in [-0.3, -0.25) is 4.79 Å². The summed E-state index contributed by atoms with van der Waals surface area (Å²) in [6.07, 6.45) is 1.56. The largest absolute Gasteiger partial charge is 0.375 e. The van der Waals surface area contributed by atoms with Crippen molar-refractivity contribution in [3.8, 4) is 0 Å². The molecule has 0 spiro atoms. The molecule has 2 aromatic rings. The zero-order valence-electron chi connectivity index (χ0n) is 20.0. The Morgan fingerprint density at radius 1 is 1.14 bits per heavy atom. The van der Waals surface area contributed by atoms with Crippen molar-refractivity contribution in [2.24, 2.45) is 5.92 Å². The number of benzene rings is 2. The second-order valence-corrected chi connectivity index (χ2v) is 9.57. The summed E-state index contributed by atoms with van der Waals surface area (Å²) in [4.78, 5) is 26.5. The number of carbonyl (C=O) groups is 2. The van der Waals surface area contributed by atoms with Crippen molar-refractivity contribution in [3.05, 3.63) is 65.5 Å². The van der Waals surface area contributed by atoms with Crippen LogP contribution < -0.4 is 10.6 Å². The minimum Gasteiger partial charge on any atom is -0.375 e. The molecular weight excluding hydrogens is 452 g/mol. The Morgan fingerprint density at radius 3 is 2.71 bits per heavy atom. The van der Waals surface area contributed by atoms with Crippen molar-refractivity contribution in [2.45, 2.75) is 50.9 Å². The third-order valence-corrected chi connectivity index (χ3v) is 6.82. The van der Waals surface area contributed by atoms with Crippen molar-refractivity contribution < 1.29 is 23.1 Å². The zero-order chi connectivity index (χ0) is 24.8. The van der Waals surface area contributed by atoms with Crippen LogP contribution in [0, 0.1) is 11.7 Å². The number of urea groups is 1. The van der Waals surface area contributed by atoms with Crippen LogP contribution in [0.2, 0.25) is 0 Å². The lowest BCUT2D eigenvalue weighted by Crippen LogP contribution is -2.58. The summed E-state index contributed by atoms with van der Waals surface area (Å²) < 4.78 is 34.0. The molecule has 2 amide bonds. The Balaban J connectivity index is 1.34. The van der Waals surface area contributed by atoms with Crippen LogP contribution in [0.4, 0.5) is 19.3 Å². The number of alkyl halides is 1. The first-order chi connectivity index (χ1) is 16.9. The summed E-state index contributed by atoms with van der Waals surface area (Å²) in [5.41, 5.74) is 2.07. The Hall–Kier alpha value is -2.84. The van der Waals surface area contributed by atoms with Gasteiger partial charge < -0.3 is 20.3 Å². The molecule has 4 atom stereocenters. The number of amides is 2. The highest BCUT2D eigenvalue weighted by Crippen LogP contribution is 2.24. The van der Waals surface area contributed by atoms with Crippen LogP contribution in [0.3, 0.4) is 0 Å². The van der Waals surface area contributed by atoms with Gasteiger partial charge in [0, 0.05) is 37.4 Å². The number of ether oxygens (including phenoxy) is 1. The molecule has 2 saturated heterocycles. The molecule has 4 rings (SSSR count). The highest BCUT2D eigenvalue weighted by molar-refractivity contribution is 5.96. The second kappa shape index (κ2) is 11.7. The quantitative estimate of drug-likeness (QED) is 0.563. The maximum Gasteiger partial charge on any atom is 0.319 e. The predicted molar refractivity (Wildman–Crippen MR) is 131 cm³/mol. The van der Waals surface area contributed by atoms with Crippen LogP contribution >= 0.6 is 0 Å². The molecule has 35 heavy (non-hydrogen) atoms. The summed E-state index contributed by atoms with van der Waals surface area (Å²) in [5, 5.41) is 5.47. The Labute approximate surface area is 205 Å². The Kier molecular flexibility index (Phi) is 8.46. The monoisotopic (exact) mass is 485 g/mol. The second-order valence-electron chi connectivity index (χ2n) is 9.57. The maximum absolute atomic E-state index is 14.9. The van der Waals surface area contributed by atoms with E-state index < -0.39 is 24.3 Å². The van der Waals surface area contributed by atoms with Gasteiger partial charge in [0.15, 0.2) is 5.78 Å². The number of hydrogen-bond donors (Lipinski definition) is 2. The van der Waals surface area contributed by atoms with E-state index in [0.29, 0.717) is 30.3 Å². The topological polar surface area (TPSA) is 70.7 Å². The minimum atomic E-state index is -1.21. The average Bonchev–Trinajstić information content (AvgIpc) is 2.83. The van der Waals surface area contributed by atoms with Crippen molar-refractivity contribution >= 4 is 17.5 Å². The predicted octanol–water partition coefficient (Wildman–Crippen LogP) is 4.60. The van der Waals surface area contributed by atoms with Gasteiger partial charge in [0.1, 0.15) is 12.0 Å². The number of piperidine rings is 1. The van der Waals surface area contributed by atoms with Crippen LogP contribution in [-0.2, 0) is 11.2 Å². The number of halogens is 2. The molecule has 1 unspecified atom stereocenters. The Bertz CT molecular complexity index is 1020. The number of rotatable bonds is 7. The van der Waals surface area contributed by atoms with Crippen molar-refractivity contribution in [1.29, 1.82) is 0 Å². The summed E-state index contributed by atoms with van der Waals surface area (Å²) >= 11 is 0. The molecule has 6 nitrogen and oxygen atoms in total. The number of anilines is 1. The van der Waals surface area contributed by atoms with Gasteiger partial charge in [-0.25, -0.2) is 13.6 Å². The summed E-state index contributed by atoms with van der Waals surface area (Å²) in [7, 11) is 0. The molecule has 2 heterocycles. The molecule has 188 valence electrons. The van der Waals surface area contributed by atoms with E-state index in [1.54, 1.807) is 24.3 Å². The van der Waals surface area contributed by atoms with Gasteiger partial charge in [0.2, 0.25) is 0 Å². The first-order valence-corrected chi connectivity index (χ1v) is 12.3. The fourth-order valence-electron chi connectivity index (χ4n) is 5.02. The summed E-state index contributed by atoms with van der Waals surface area (Å²) in [6.45, 7) is 4.06. The van der Waals surface area contributed by atoms with Gasteiger partial charge in [-0.2, -0.15) is 0 Å². The van der Waals surface area contributed by atoms with E-state index in [4.69, 9.17) is 4.74 Å². The van der Waals surface area contributed by atoms with Crippen LogP contribution in [0.15, 0.2) is 48.5 Å². The van der Waals surface area contributed by atoms with Gasteiger partial charge in [-0.05, 0) is 68.5 Å².